The van der Waals surface area contributed by atoms with Gasteiger partial charge in [0.1, 0.15) is 5.82 Å². The fourth-order valence-corrected chi connectivity index (χ4v) is 1.77. The summed E-state index contributed by atoms with van der Waals surface area (Å²) in [7, 11) is 1.94. The smallest absolute Gasteiger partial charge is 0.142 e. The molecule has 1 atom stereocenters. The van der Waals surface area contributed by atoms with Crippen LogP contribution >= 0.6 is 11.6 Å². The van der Waals surface area contributed by atoms with Crippen LogP contribution in [0.4, 0.5) is 4.39 Å². The van der Waals surface area contributed by atoms with Gasteiger partial charge in [0.15, 0.2) is 0 Å². The molecule has 1 aromatic rings. The van der Waals surface area contributed by atoms with Crippen molar-refractivity contribution in [3.05, 3.63) is 34.6 Å². The van der Waals surface area contributed by atoms with Crippen molar-refractivity contribution >= 4 is 11.6 Å². The molecular formula is C12H17ClFN. The Labute approximate surface area is 95.6 Å². The van der Waals surface area contributed by atoms with Gasteiger partial charge in [-0.05, 0) is 43.6 Å². The molecule has 0 aromatic heterocycles. The number of halogens is 2. The van der Waals surface area contributed by atoms with Crippen LogP contribution in [0.5, 0.6) is 0 Å². The number of hydrogen-bond acceptors (Lipinski definition) is 1. The summed E-state index contributed by atoms with van der Waals surface area (Å²) in [6.45, 7) is 3.11. The highest BCUT2D eigenvalue weighted by molar-refractivity contribution is 6.30. The average molecular weight is 230 g/mol. The summed E-state index contributed by atoms with van der Waals surface area (Å²) in [6, 6.07) is 5.04. The van der Waals surface area contributed by atoms with Gasteiger partial charge in [0, 0.05) is 0 Å². The third-order valence-corrected chi connectivity index (χ3v) is 2.89. The van der Waals surface area contributed by atoms with E-state index in [4.69, 9.17) is 11.6 Å². The first kappa shape index (κ1) is 12.5. The van der Waals surface area contributed by atoms with Crippen molar-refractivity contribution in [3.63, 3.8) is 0 Å². The van der Waals surface area contributed by atoms with Crippen LogP contribution in [0.25, 0.3) is 0 Å². The minimum Gasteiger partial charge on any atom is -0.319 e. The van der Waals surface area contributed by atoms with Gasteiger partial charge in [-0.1, -0.05) is 31.0 Å². The molecule has 1 rings (SSSR count). The van der Waals surface area contributed by atoms with Crippen molar-refractivity contribution in [3.8, 4) is 0 Å². The van der Waals surface area contributed by atoms with E-state index in [1.165, 1.54) is 6.07 Å². The van der Waals surface area contributed by atoms with Crippen molar-refractivity contribution in [2.75, 3.05) is 13.6 Å². The summed E-state index contributed by atoms with van der Waals surface area (Å²) in [5.74, 6) is 0.226. The molecule has 84 valence electrons. The molecule has 0 aliphatic heterocycles. The van der Waals surface area contributed by atoms with Gasteiger partial charge in [0.2, 0.25) is 0 Å². The van der Waals surface area contributed by atoms with E-state index in [1.54, 1.807) is 6.07 Å². The van der Waals surface area contributed by atoms with Gasteiger partial charge in [-0.25, -0.2) is 4.39 Å². The van der Waals surface area contributed by atoms with Gasteiger partial charge >= 0.3 is 0 Å². The van der Waals surface area contributed by atoms with E-state index in [1.807, 2.05) is 13.1 Å². The lowest BCUT2D eigenvalue weighted by Crippen LogP contribution is -2.20. The van der Waals surface area contributed by atoms with Crippen LogP contribution in [-0.4, -0.2) is 13.6 Å². The first-order valence-corrected chi connectivity index (χ1v) is 5.63. The number of rotatable bonds is 5. The summed E-state index contributed by atoms with van der Waals surface area (Å²) in [5, 5.41) is 3.34. The summed E-state index contributed by atoms with van der Waals surface area (Å²) in [5.41, 5.74) is 1.01. The molecule has 0 saturated heterocycles. The van der Waals surface area contributed by atoms with Gasteiger partial charge in [-0.2, -0.15) is 0 Å². The van der Waals surface area contributed by atoms with E-state index < -0.39 is 0 Å². The lowest BCUT2D eigenvalue weighted by atomic mass is 9.97. The Hall–Kier alpha value is -0.600. The van der Waals surface area contributed by atoms with Crippen LogP contribution in [0.1, 0.15) is 18.9 Å². The highest BCUT2D eigenvalue weighted by Gasteiger charge is 2.08. The molecule has 1 nitrogen and oxygen atoms in total. The topological polar surface area (TPSA) is 12.0 Å². The molecule has 0 aliphatic rings. The fourth-order valence-electron chi connectivity index (χ4n) is 1.65. The maximum absolute atomic E-state index is 13.2. The zero-order valence-corrected chi connectivity index (χ0v) is 9.94. The lowest BCUT2D eigenvalue weighted by molar-refractivity contribution is 0.480. The second kappa shape index (κ2) is 6.09. The standard InChI is InChI=1S/C12H17ClFN/c1-3-9(8-15-2)6-10-4-5-11(13)12(14)7-10/h4-5,7,9,15H,3,6,8H2,1-2H3. The van der Waals surface area contributed by atoms with Crippen LogP contribution in [0.3, 0.4) is 0 Å². The average Bonchev–Trinajstić information content (AvgIpc) is 2.23. The Morgan fingerprint density at radius 1 is 1.47 bits per heavy atom. The van der Waals surface area contributed by atoms with Gasteiger partial charge in [0.05, 0.1) is 5.02 Å². The molecule has 0 fully saturated rings. The summed E-state index contributed by atoms with van der Waals surface area (Å²) >= 11 is 5.62. The van der Waals surface area contributed by atoms with Crippen molar-refractivity contribution in [2.45, 2.75) is 19.8 Å². The number of hydrogen-bond donors (Lipinski definition) is 1. The van der Waals surface area contributed by atoms with E-state index in [-0.39, 0.29) is 10.8 Å². The van der Waals surface area contributed by atoms with Crippen LogP contribution in [0, 0.1) is 11.7 Å². The van der Waals surface area contributed by atoms with Gasteiger partial charge in [0.25, 0.3) is 0 Å². The van der Waals surface area contributed by atoms with Crippen LogP contribution < -0.4 is 5.32 Å². The Balaban J connectivity index is 2.66. The Morgan fingerprint density at radius 2 is 2.20 bits per heavy atom. The first-order valence-electron chi connectivity index (χ1n) is 5.25. The predicted molar refractivity (Wildman–Crippen MR) is 62.8 cm³/mol. The third-order valence-electron chi connectivity index (χ3n) is 2.58. The number of nitrogens with one attached hydrogen (secondary N) is 1. The maximum Gasteiger partial charge on any atom is 0.142 e. The molecule has 3 heteroatoms. The second-order valence-electron chi connectivity index (χ2n) is 3.78. The molecule has 0 amide bonds. The van der Waals surface area contributed by atoms with Crippen molar-refractivity contribution in [2.24, 2.45) is 5.92 Å². The fraction of sp³-hybridized carbons (Fsp3) is 0.500. The van der Waals surface area contributed by atoms with E-state index in [9.17, 15) is 4.39 Å². The minimum atomic E-state index is -0.325. The highest BCUT2D eigenvalue weighted by Crippen LogP contribution is 2.18. The second-order valence-corrected chi connectivity index (χ2v) is 4.19. The molecule has 0 saturated carbocycles. The SMILES string of the molecule is CCC(CNC)Cc1ccc(Cl)c(F)c1. The summed E-state index contributed by atoms with van der Waals surface area (Å²) in [6.07, 6.45) is 1.98. The minimum absolute atomic E-state index is 0.195. The quantitative estimate of drug-likeness (QED) is 0.817. The molecule has 0 radical (unpaired) electrons. The monoisotopic (exact) mass is 229 g/mol. The molecular weight excluding hydrogens is 213 g/mol. The Bertz CT molecular complexity index is 314. The van der Waals surface area contributed by atoms with Crippen molar-refractivity contribution < 1.29 is 4.39 Å². The van der Waals surface area contributed by atoms with Gasteiger partial charge in [-0.3, -0.25) is 0 Å². The van der Waals surface area contributed by atoms with Crippen molar-refractivity contribution in [1.29, 1.82) is 0 Å². The lowest BCUT2D eigenvalue weighted by Gasteiger charge is -2.14. The van der Waals surface area contributed by atoms with Crippen molar-refractivity contribution in [1.82, 2.24) is 5.32 Å². The molecule has 1 aromatic carbocycles. The van der Waals surface area contributed by atoms with Crippen LogP contribution in [-0.2, 0) is 6.42 Å². The normalized spacial score (nSPS) is 12.8. The van der Waals surface area contributed by atoms with Gasteiger partial charge < -0.3 is 5.32 Å². The molecule has 15 heavy (non-hydrogen) atoms. The van der Waals surface area contributed by atoms with E-state index >= 15 is 0 Å². The zero-order valence-electron chi connectivity index (χ0n) is 9.19. The number of benzene rings is 1. The summed E-state index contributed by atoms with van der Waals surface area (Å²) < 4.78 is 13.2. The maximum atomic E-state index is 13.2. The van der Waals surface area contributed by atoms with E-state index in [0.29, 0.717) is 5.92 Å². The molecule has 1 unspecified atom stereocenters. The van der Waals surface area contributed by atoms with Crippen LogP contribution in [0.15, 0.2) is 18.2 Å². The molecule has 0 heterocycles. The van der Waals surface area contributed by atoms with E-state index in [0.717, 1.165) is 24.9 Å². The molecule has 0 aliphatic carbocycles. The first-order chi connectivity index (χ1) is 7.17. The molecule has 1 N–H and O–H groups in total. The molecule has 0 spiro atoms. The Morgan fingerprint density at radius 3 is 2.73 bits per heavy atom. The van der Waals surface area contributed by atoms with Gasteiger partial charge in [-0.15, -0.1) is 0 Å². The molecule has 0 bridgehead atoms. The van der Waals surface area contributed by atoms with Crippen LogP contribution in [0.2, 0.25) is 5.02 Å². The zero-order chi connectivity index (χ0) is 11.3. The summed E-state index contributed by atoms with van der Waals surface area (Å²) in [4.78, 5) is 0. The predicted octanol–water partition coefficient (Wildman–Crippen LogP) is 3.27. The Kier molecular flexibility index (Phi) is 5.06. The van der Waals surface area contributed by atoms with E-state index in [2.05, 4.69) is 12.2 Å². The third kappa shape index (κ3) is 3.80. The largest absolute Gasteiger partial charge is 0.319 e. The highest BCUT2D eigenvalue weighted by atomic mass is 35.5.